The predicted molar refractivity (Wildman–Crippen MR) is 167 cm³/mol. The first-order chi connectivity index (χ1) is 20.1. The van der Waals surface area contributed by atoms with E-state index in [0.29, 0.717) is 11.1 Å². The quantitative estimate of drug-likeness (QED) is 0.154. The maximum absolute atomic E-state index is 8.74. The molecule has 6 aromatic rings. The topological polar surface area (TPSA) is 31.0 Å². The Balaban J connectivity index is 0.00000368. The summed E-state index contributed by atoms with van der Waals surface area (Å²) in [5, 5.41) is 0.812. The van der Waals surface area contributed by atoms with Crippen molar-refractivity contribution in [1.82, 2.24) is 9.55 Å². The van der Waals surface area contributed by atoms with Gasteiger partial charge in [0.25, 0.3) is 0 Å². The zero-order chi connectivity index (χ0) is 29.8. The maximum Gasteiger partial charge on any atom is 0.0774 e. The van der Waals surface area contributed by atoms with Gasteiger partial charge in [-0.05, 0) is 70.6 Å². The minimum atomic E-state index is -1.48. The van der Waals surface area contributed by atoms with E-state index in [9.17, 15) is 0 Å². The number of benzene rings is 4. The molecule has 4 heteroatoms. The van der Waals surface area contributed by atoms with Crippen LogP contribution in [0, 0.1) is 12.2 Å². The average molecular weight is 720 g/mol. The molecule has 41 heavy (non-hydrogen) atoms. The number of rotatable bonds is 7. The van der Waals surface area contributed by atoms with Crippen molar-refractivity contribution in [3.8, 4) is 28.2 Å². The van der Waals surface area contributed by atoms with Crippen LogP contribution in [0.5, 0.6) is 0 Å². The molecule has 0 fully saturated rings. The van der Waals surface area contributed by atoms with Crippen LogP contribution in [-0.2, 0) is 26.5 Å². The van der Waals surface area contributed by atoms with E-state index in [1.807, 2.05) is 44.2 Å². The van der Waals surface area contributed by atoms with Gasteiger partial charge < -0.3 is 8.98 Å². The Labute approximate surface area is 259 Å². The van der Waals surface area contributed by atoms with Crippen LogP contribution < -0.4 is 0 Å². The van der Waals surface area contributed by atoms with Crippen LogP contribution in [-0.4, -0.2) is 9.55 Å². The van der Waals surface area contributed by atoms with Crippen LogP contribution in [0.15, 0.2) is 89.3 Å². The maximum atomic E-state index is 8.74. The van der Waals surface area contributed by atoms with Gasteiger partial charge in [0.05, 0.1) is 16.9 Å². The summed E-state index contributed by atoms with van der Waals surface area (Å²) >= 11 is 0. The molecule has 0 bridgehead atoms. The second-order valence-corrected chi connectivity index (χ2v) is 11.5. The van der Waals surface area contributed by atoms with Gasteiger partial charge in [0, 0.05) is 40.4 Å². The molecular weight excluding hydrogens is 681 g/mol. The van der Waals surface area contributed by atoms with Gasteiger partial charge in [-0.25, -0.2) is 0 Å². The molecule has 3 nitrogen and oxygen atoms in total. The molecule has 0 saturated carbocycles. The number of imidazole rings is 1. The number of nitrogens with zero attached hydrogens (tertiary/aromatic N) is 2. The van der Waals surface area contributed by atoms with Crippen molar-refractivity contribution < 1.29 is 27.3 Å². The van der Waals surface area contributed by atoms with Crippen LogP contribution in [0.2, 0.25) is 0 Å². The van der Waals surface area contributed by atoms with Gasteiger partial charge in [0.15, 0.2) is 0 Å². The van der Waals surface area contributed by atoms with Crippen molar-refractivity contribution in [2.45, 2.75) is 59.8 Å². The van der Waals surface area contributed by atoms with Gasteiger partial charge in [-0.3, -0.25) is 4.98 Å². The first-order valence-electron chi connectivity index (χ1n) is 15.2. The number of furan rings is 1. The van der Waals surface area contributed by atoms with E-state index in [4.69, 9.17) is 12.1 Å². The van der Waals surface area contributed by atoms with Crippen molar-refractivity contribution in [3.63, 3.8) is 0 Å². The van der Waals surface area contributed by atoms with E-state index < -0.39 is 6.37 Å². The summed E-state index contributed by atoms with van der Waals surface area (Å²) < 4.78 is 25.7. The third kappa shape index (κ3) is 5.44. The molecule has 0 N–H and O–H groups in total. The molecule has 0 aliphatic rings. The van der Waals surface area contributed by atoms with E-state index in [2.05, 4.69) is 93.1 Å². The van der Waals surface area contributed by atoms with Crippen LogP contribution in [0.25, 0.3) is 50.2 Å². The fourth-order valence-corrected chi connectivity index (χ4v) is 5.60. The van der Waals surface area contributed by atoms with Crippen molar-refractivity contribution in [2.24, 2.45) is 5.92 Å². The number of hydrogen-bond donors (Lipinski definition) is 0. The molecule has 0 saturated heterocycles. The molecule has 2 aromatic heterocycles. The first-order valence-corrected chi connectivity index (χ1v) is 14.2. The predicted octanol–water partition coefficient (Wildman–Crippen LogP) is 10.3. The minimum absolute atomic E-state index is 0. The van der Waals surface area contributed by atoms with E-state index in [-0.39, 0.29) is 37.9 Å². The van der Waals surface area contributed by atoms with E-state index in [0.717, 1.165) is 33.5 Å². The summed E-state index contributed by atoms with van der Waals surface area (Å²) in [4.78, 5) is 5.17. The Morgan fingerprint density at radius 1 is 0.805 bits per heavy atom. The minimum Gasteiger partial charge on any atom is -0.557 e. The van der Waals surface area contributed by atoms with Crippen molar-refractivity contribution in [1.29, 1.82) is 0 Å². The molecule has 2 heterocycles. The number of hydrogen-bond acceptors (Lipinski definition) is 2. The molecule has 1 radical (unpaired) electrons. The Kier molecular flexibility index (Phi) is 7.61. The van der Waals surface area contributed by atoms with Crippen LogP contribution >= 0.6 is 0 Å². The largest absolute Gasteiger partial charge is 0.557 e. The molecule has 0 unspecified atom stereocenters. The summed E-state index contributed by atoms with van der Waals surface area (Å²) in [6.45, 7) is 12.8. The normalized spacial score (nSPS) is 12.8. The molecule has 0 aliphatic heterocycles. The fraction of sp³-hybridized carbons (Fsp3) is 0.270. The molecular formula is C37H37IrN2O-. The summed E-state index contributed by atoms with van der Waals surface area (Å²) in [5.41, 5.74) is 9.97. The van der Waals surface area contributed by atoms with Gasteiger partial charge in [-0.2, -0.15) is 0 Å². The molecule has 0 aliphatic carbocycles. The Hall–Kier alpha value is -3.46. The summed E-state index contributed by atoms with van der Waals surface area (Å²) in [6, 6.07) is 29.0. The van der Waals surface area contributed by atoms with E-state index in [1.54, 1.807) is 0 Å². The van der Waals surface area contributed by atoms with E-state index in [1.165, 1.54) is 22.3 Å². The second-order valence-electron chi connectivity index (χ2n) is 11.5. The average Bonchev–Trinajstić information content (AvgIpc) is 3.57. The van der Waals surface area contributed by atoms with Crippen LogP contribution in [0.4, 0.5) is 0 Å². The number of fused-ring (bicyclic) bond motifs is 2. The molecule has 4 aromatic carbocycles. The molecule has 0 amide bonds. The van der Waals surface area contributed by atoms with Gasteiger partial charge in [-0.15, -0.1) is 0 Å². The molecule has 6 rings (SSSR count). The Bertz CT molecular complexity index is 1870. The molecule has 0 atom stereocenters. The third-order valence-electron chi connectivity index (χ3n) is 7.50. The van der Waals surface area contributed by atoms with Gasteiger partial charge in [0.1, 0.15) is 0 Å². The number of aromatic nitrogens is 2. The van der Waals surface area contributed by atoms with Gasteiger partial charge in [-0.1, -0.05) is 119 Å². The van der Waals surface area contributed by atoms with Gasteiger partial charge >= 0.3 is 0 Å². The van der Waals surface area contributed by atoms with Crippen LogP contribution in [0.1, 0.15) is 72.8 Å². The SMILES string of the molecule is [2H]C([2H])(c1ccc2o[c-]c(-c3nc4ccccc4n3-c3c(C(C)C)cc(-c4ccccc4)cc3C(C)C)c2c1)C(C)C.[Ir]. The Morgan fingerprint density at radius 2 is 1.46 bits per heavy atom. The summed E-state index contributed by atoms with van der Waals surface area (Å²) in [5.74, 6) is 1.08. The third-order valence-corrected chi connectivity index (χ3v) is 7.50. The molecule has 0 spiro atoms. The van der Waals surface area contributed by atoms with Crippen molar-refractivity contribution in [2.75, 3.05) is 0 Å². The fourth-order valence-electron chi connectivity index (χ4n) is 5.60. The zero-order valence-corrected chi connectivity index (χ0v) is 26.8. The smallest absolute Gasteiger partial charge is 0.0774 e. The Morgan fingerprint density at radius 3 is 2.12 bits per heavy atom. The molecule has 211 valence electrons. The van der Waals surface area contributed by atoms with Crippen molar-refractivity contribution in [3.05, 3.63) is 108 Å². The van der Waals surface area contributed by atoms with Gasteiger partial charge in [0.2, 0.25) is 0 Å². The van der Waals surface area contributed by atoms with Crippen molar-refractivity contribution >= 4 is 22.0 Å². The van der Waals surface area contributed by atoms with Crippen LogP contribution in [0.3, 0.4) is 0 Å². The second kappa shape index (κ2) is 11.8. The summed E-state index contributed by atoms with van der Waals surface area (Å²) in [6.07, 6.45) is 1.68. The zero-order valence-electron chi connectivity index (χ0n) is 26.5. The van der Waals surface area contributed by atoms with E-state index >= 15 is 0 Å². The number of para-hydroxylation sites is 2. The summed E-state index contributed by atoms with van der Waals surface area (Å²) in [7, 11) is 0. The monoisotopic (exact) mass is 720 g/mol. The first kappa shape index (κ1) is 26.4. The standard InChI is InChI=1S/C37H37N2O.Ir/c1-23(2)18-26-16-17-35-31(19-26)32(22-40-35)37-38-33-14-10-11-15-34(33)39(37)36-29(24(3)4)20-28(21-30(36)25(5)6)27-12-8-7-9-13-27;/h7-17,19-21,23-25H,18H2,1-6H3;/q-1;/i18D2;.